The van der Waals surface area contributed by atoms with Gasteiger partial charge in [-0.1, -0.05) is 0 Å². The number of hydrogen-bond acceptors (Lipinski definition) is 6. The van der Waals surface area contributed by atoms with Gasteiger partial charge in [-0.3, -0.25) is 10.1 Å². The van der Waals surface area contributed by atoms with Crippen molar-refractivity contribution in [1.29, 1.82) is 0 Å². The van der Waals surface area contributed by atoms with Crippen LogP contribution in [0, 0.1) is 15.9 Å². The van der Waals surface area contributed by atoms with E-state index in [1.54, 1.807) is 0 Å². The van der Waals surface area contributed by atoms with Crippen LogP contribution >= 0.6 is 15.9 Å². The molecule has 1 N–H and O–H groups in total. The Bertz CT molecular complexity index is 770. The van der Waals surface area contributed by atoms with Crippen molar-refractivity contribution in [3.63, 3.8) is 0 Å². The summed E-state index contributed by atoms with van der Waals surface area (Å²) in [7, 11) is 1.22. The van der Waals surface area contributed by atoms with Crippen molar-refractivity contribution in [2.75, 3.05) is 12.4 Å². The van der Waals surface area contributed by atoms with Gasteiger partial charge in [0.15, 0.2) is 0 Å². The smallest absolute Gasteiger partial charge is 0.337 e. The zero-order valence-electron chi connectivity index (χ0n) is 11.9. The van der Waals surface area contributed by atoms with Crippen molar-refractivity contribution in [1.82, 2.24) is 4.98 Å². The fourth-order valence-corrected chi connectivity index (χ4v) is 2.16. The molecular formula is C14H11BrFN3O4. The summed E-state index contributed by atoms with van der Waals surface area (Å²) in [6, 6.07) is 5.03. The Kier molecular flexibility index (Phi) is 5.22. The molecule has 1 aromatic carbocycles. The van der Waals surface area contributed by atoms with Gasteiger partial charge in [-0.05, 0) is 34.1 Å². The number of pyridine rings is 1. The zero-order valence-corrected chi connectivity index (χ0v) is 13.5. The summed E-state index contributed by atoms with van der Waals surface area (Å²) in [4.78, 5) is 25.8. The van der Waals surface area contributed by atoms with Gasteiger partial charge in [0.05, 0.1) is 17.6 Å². The molecule has 0 bridgehead atoms. The maximum atomic E-state index is 13.8. The number of halogens is 2. The quantitative estimate of drug-likeness (QED) is 0.483. The second kappa shape index (κ2) is 7.14. The Hall–Kier alpha value is -2.55. The van der Waals surface area contributed by atoms with Gasteiger partial charge < -0.3 is 10.1 Å². The van der Waals surface area contributed by atoms with E-state index < -0.39 is 16.7 Å². The lowest BCUT2D eigenvalue weighted by Crippen LogP contribution is -2.08. The number of methoxy groups -OCH3 is 1. The third-order valence-corrected chi connectivity index (χ3v) is 3.38. The lowest BCUT2D eigenvalue weighted by molar-refractivity contribution is -0.384. The molecule has 1 aromatic heterocycles. The van der Waals surface area contributed by atoms with E-state index in [2.05, 4.69) is 31.0 Å². The zero-order chi connectivity index (χ0) is 17.0. The van der Waals surface area contributed by atoms with E-state index in [4.69, 9.17) is 0 Å². The summed E-state index contributed by atoms with van der Waals surface area (Å²) >= 11 is 3.10. The Labute approximate surface area is 138 Å². The molecule has 23 heavy (non-hydrogen) atoms. The SMILES string of the molecule is COC(=O)c1ccc(F)c(CNc2ncc(Br)cc2[N+](=O)[O-])c1. The van der Waals surface area contributed by atoms with Crippen LogP contribution < -0.4 is 5.32 Å². The molecule has 1 heterocycles. The van der Waals surface area contributed by atoms with Crippen molar-refractivity contribution < 1.29 is 18.8 Å². The van der Waals surface area contributed by atoms with E-state index in [1.165, 1.54) is 31.5 Å². The largest absolute Gasteiger partial charge is 0.465 e. The van der Waals surface area contributed by atoms with Gasteiger partial charge in [-0.25, -0.2) is 14.2 Å². The maximum absolute atomic E-state index is 13.8. The average Bonchev–Trinajstić information content (AvgIpc) is 2.54. The first-order chi connectivity index (χ1) is 10.9. The molecular weight excluding hydrogens is 373 g/mol. The average molecular weight is 384 g/mol. The van der Waals surface area contributed by atoms with Gasteiger partial charge in [0.2, 0.25) is 5.82 Å². The highest BCUT2D eigenvalue weighted by molar-refractivity contribution is 9.10. The number of carbonyl (C=O) groups excluding carboxylic acids is 1. The molecule has 0 saturated carbocycles. The first-order valence-corrected chi connectivity index (χ1v) is 7.12. The van der Waals surface area contributed by atoms with Gasteiger partial charge in [0.1, 0.15) is 5.82 Å². The topological polar surface area (TPSA) is 94.4 Å². The Morgan fingerprint density at radius 2 is 2.22 bits per heavy atom. The number of nitro groups is 1. The molecule has 7 nitrogen and oxygen atoms in total. The summed E-state index contributed by atoms with van der Waals surface area (Å²) in [5.74, 6) is -1.15. The number of benzene rings is 1. The fraction of sp³-hybridized carbons (Fsp3) is 0.143. The van der Waals surface area contributed by atoms with Crippen LogP contribution in [0.1, 0.15) is 15.9 Å². The number of aromatic nitrogens is 1. The number of nitrogens with zero attached hydrogens (tertiary/aromatic N) is 2. The summed E-state index contributed by atoms with van der Waals surface area (Å²) < 4.78 is 18.8. The van der Waals surface area contributed by atoms with Crippen molar-refractivity contribution in [3.8, 4) is 0 Å². The molecule has 0 unspecified atom stereocenters. The second-order valence-electron chi connectivity index (χ2n) is 4.43. The van der Waals surface area contributed by atoms with Crippen LogP contribution in [0.4, 0.5) is 15.9 Å². The Balaban J connectivity index is 2.24. The monoisotopic (exact) mass is 383 g/mol. The lowest BCUT2D eigenvalue weighted by atomic mass is 10.1. The van der Waals surface area contributed by atoms with E-state index >= 15 is 0 Å². The lowest BCUT2D eigenvalue weighted by Gasteiger charge is -2.09. The normalized spacial score (nSPS) is 10.2. The van der Waals surface area contributed by atoms with Crippen molar-refractivity contribution in [2.45, 2.75) is 6.54 Å². The number of hydrogen-bond donors (Lipinski definition) is 1. The first-order valence-electron chi connectivity index (χ1n) is 6.33. The summed E-state index contributed by atoms with van der Waals surface area (Å²) in [5.41, 5.74) is 0.0970. The molecule has 0 radical (unpaired) electrons. The number of rotatable bonds is 5. The molecule has 0 aliphatic carbocycles. The summed E-state index contributed by atoms with van der Waals surface area (Å²) in [6.45, 7) is -0.0772. The van der Waals surface area contributed by atoms with Crippen LogP contribution in [-0.2, 0) is 11.3 Å². The summed E-state index contributed by atoms with van der Waals surface area (Å²) in [6.07, 6.45) is 1.39. The number of carbonyl (C=O) groups is 1. The van der Waals surface area contributed by atoms with Gasteiger partial charge in [0.25, 0.3) is 0 Å². The van der Waals surface area contributed by atoms with E-state index in [0.717, 1.165) is 6.07 Å². The second-order valence-corrected chi connectivity index (χ2v) is 5.35. The predicted molar refractivity (Wildman–Crippen MR) is 83.7 cm³/mol. The van der Waals surface area contributed by atoms with Crippen molar-refractivity contribution in [3.05, 3.63) is 62.0 Å². The minimum Gasteiger partial charge on any atom is -0.465 e. The minimum absolute atomic E-state index is 0.000992. The standard InChI is InChI=1S/C14H11BrFN3O4/c1-23-14(20)8-2-3-11(16)9(4-8)6-17-13-12(19(21)22)5-10(15)7-18-13/h2-5,7H,6H2,1H3,(H,17,18). The van der Waals surface area contributed by atoms with Crippen LogP contribution in [0.15, 0.2) is 34.9 Å². The molecule has 2 aromatic rings. The molecule has 120 valence electrons. The highest BCUT2D eigenvalue weighted by Crippen LogP contribution is 2.26. The minimum atomic E-state index is -0.598. The molecule has 0 amide bonds. The van der Waals surface area contributed by atoms with E-state index in [-0.39, 0.29) is 29.2 Å². The van der Waals surface area contributed by atoms with Crippen LogP contribution in [0.25, 0.3) is 0 Å². The molecule has 9 heteroatoms. The van der Waals surface area contributed by atoms with Crippen molar-refractivity contribution in [2.24, 2.45) is 0 Å². The van der Waals surface area contributed by atoms with Gasteiger partial charge in [0, 0.05) is 28.8 Å². The van der Waals surface area contributed by atoms with Crippen LogP contribution in [0.2, 0.25) is 0 Å². The highest BCUT2D eigenvalue weighted by Gasteiger charge is 2.17. The number of anilines is 1. The fourth-order valence-electron chi connectivity index (χ4n) is 1.84. The summed E-state index contributed by atoms with van der Waals surface area (Å²) in [5, 5.41) is 13.7. The molecule has 0 atom stereocenters. The molecule has 0 fully saturated rings. The molecule has 2 rings (SSSR count). The van der Waals surface area contributed by atoms with Crippen LogP contribution in [0.3, 0.4) is 0 Å². The third kappa shape index (κ3) is 4.01. The van der Waals surface area contributed by atoms with Gasteiger partial charge >= 0.3 is 11.7 Å². The van der Waals surface area contributed by atoms with E-state index in [1.807, 2.05) is 0 Å². The van der Waals surface area contributed by atoms with E-state index in [0.29, 0.717) is 4.47 Å². The Morgan fingerprint density at radius 1 is 1.48 bits per heavy atom. The third-order valence-electron chi connectivity index (χ3n) is 2.94. The highest BCUT2D eigenvalue weighted by atomic mass is 79.9. The first kappa shape index (κ1) is 16.8. The molecule has 0 spiro atoms. The van der Waals surface area contributed by atoms with Crippen LogP contribution in [-0.4, -0.2) is 23.0 Å². The predicted octanol–water partition coefficient (Wildman–Crippen LogP) is 3.29. The van der Waals surface area contributed by atoms with Crippen LogP contribution in [0.5, 0.6) is 0 Å². The van der Waals surface area contributed by atoms with Crippen molar-refractivity contribution >= 4 is 33.4 Å². The molecule has 0 saturated heterocycles. The van der Waals surface area contributed by atoms with E-state index in [9.17, 15) is 19.3 Å². The van der Waals surface area contributed by atoms with Gasteiger partial charge in [-0.15, -0.1) is 0 Å². The number of nitrogens with one attached hydrogen (secondary N) is 1. The molecule has 0 aliphatic heterocycles. The molecule has 0 aliphatic rings. The Morgan fingerprint density at radius 3 is 2.87 bits per heavy atom. The maximum Gasteiger partial charge on any atom is 0.337 e. The number of ether oxygens (including phenoxy) is 1. The van der Waals surface area contributed by atoms with Gasteiger partial charge in [-0.2, -0.15) is 0 Å². The number of esters is 1.